The van der Waals surface area contributed by atoms with Gasteiger partial charge in [0.1, 0.15) is 17.4 Å². The summed E-state index contributed by atoms with van der Waals surface area (Å²) in [5.74, 6) is 0.00879. The Kier molecular flexibility index (Phi) is 4.18. The summed E-state index contributed by atoms with van der Waals surface area (Å²) in [5, 5.41) is 9.42. The highest BCUT2D eigenvalue weighted by molar-refractivity contribution is 14.1. The number of hydrogen-bond donors (Lipinski definition) is 2. The Morgan fingerprint density at radius 3 is 2.68 bits per heavy atom. The molecule has 1 aromatic heterocycles. The van der Waals surface area contributed by atoms with Gasteiger partial charge in [-0.15, -0.1) is 0 Å². The number of nitrogens with zero attached hydrogens (tertiary/aromatic N) is 2. The van der Waals surface area contributed by atoms with Crippen molar-refractivity contribution in [3.05, 3.63) is 33.3 Å². The van der Waals surface area contributed by atoms with E-state index in [2.05, 4.69) is 32.6 Å². The topological polar surface area (TPSA) is 72.0 Å². The van der Waals surface area contributed by atoms with Crippen LogP contribution in [-0.2, 0) is 6.42 Å². The summed E-state index contributed by atoms with van der Waals surface area (Å²) >= 11 is 2.10. The standard InChI is InChI=1S/C13H13FIN3O/c1-2-3-10-11(15)12(16)18-13(17-10)7-4-8(14)6-9(19)5-7/h4-6,19H,2-3H2,1H3,(H2,16,17,18). The van der Waals surface area contributed by atoms with Crippen molar-refractivity contribution in [3.8, 4) is 17.1 Å². The van der Waals surface area contributed by atoms with E-state index in [1.165, 1.54) is 12.1 Å². The summed E-state index contributed by atoms with van der Waals surface area (Å²) < 4.78 is 14.1. The van der Waals surface area contributed by atoms with Gasteiger partial charge in [0.25, 0.3) is 0 Å². The summed E-state index contributed by atoms with van der Waals surface area (Å²) in [6, 6.07) is 3.73. The Labute approximate surface area is 124 Å². The molecule has 0 atom stereocenters. The van der Waals surface area contributed by atoms with Crippen molar-refractivity contribution in [2.24, 2.45) is 0 Å². The first-order chi connectivity index (χ1) is 9.01. The van der Waals surface area contributed by atoms with Crippen LogP contribution in [0.2, 0.25) is 0 Å². The number of benzene rings is 1. The maximum absolute atomic E-state index is 13.3. The lowest BCUT2D eigenvalue weighted by atomic mass is 10.1. The molecule has 0 bridgehead atoms. The number of aromatic nitrogens is 2. The van der Waals surface area contributed by atoms with Gasteiger partial charge in [-0.05, 0) is 41.1 Å². The third kappa shape index (κ3) is 3.12. The van der Waals surface area contributed by atoms with Crippen molar-refractivity contribution in [3.63, 3.8) is 0 Å². The van der Waals surface area contributed by atoms with Gasteiger partial charge in [0.15, 0.2) is 5.82 Å². The first-order valence-electron chi connectivity index (χ1n) is 5.83. The second-order valence-electron chi connectivity index (χ2n) is 4.14. The highest BCUT2D eigenvalue weighted by Gasteiger charge is 2.12. The van der Waals surface area contributed by atoms with E-state index in [-0.39, 0.29) is 5.75 Å². The number of nitrogen functional groups attached to an aromatic ring is 1. The average molecular weight is 373 g/mol. The molecule has 0 aliphatic carbocycles. The van der Waals surface area contributed by atoms with E-state index < -0.39 is 5.82 Å². The molecule has 100 valence electrons. The average Bonchev–Trinajstić information content (AvgIpc) is 2.33. The minimum atomic E-state index is -0.534. The Morgan fingerprint density at radius 1 is 1.32 bits per heavy atom. The van der Waals surface area contributed by atoms with E-state index in [0.717, 1.165) is 28.2 Å². The van der Waals surface area contributed by atoms with E-state index in [9.17, 15) is 9.50 Å². The van der Waals surface area contributed by atoms with Crippen LogP contribution in [0.5, 0.6) is 5.75 Å². The van der Waals surface area contributed by atoms with E-state index in [0.29, 0.717) is 17.2 Å². The predicted molar refractivity (Wildman–Crippen MR) is 80.2 cm³/mol. The largest absolute Gasteiger partial charge is 0.508 e. The first kappa shape index (κ1) is 14.0. The number of anilines is 1. The second kappa shape index (κ2) is 5.68. The molecule has 0 amide bonds. The Bertz CT molecular complexity index is 599. The van der Waals surface area contributed by atoms with Gasteiger partial charge in [0.05, 0.1) is 9.26 Å². The zero-order valence-corrected chi connectivity index (χ0v) is 12.5. The summed E-state index contributed by atoms with van der Waals surface area (Å²) in [6.07, 6.45) is 1.71. The van der Waals surface area contributed by atoms with Gasteiger partial charge >= 0.3 is 0 Å². The van der Waals surface area contributed by atoms with E-state index in [4.69, 9.17) is 5.73 Å². The summed E-state index contributed by atoms with van der Waals surface area (Å²) in [7, 11) is 0. The van der Waals surface area contributed by atoms with E-state index >= 15 is 0 Å². The number of phenolic OH excluding ortho intramolecular Hbond substituents is 1. The number of halogens is 2. The molecule has 0 radical (unpaired) electrons. The molecule has 3 N–H and O–H groups in total. The van der Waals surface area contributed by atoms with Crippen LogP contribution in [0.3, 0.4) is 0 Å². The molecule has 0 saturated heterocycles. The van der Waals surface area contributed by atoms with Gasteiger partial charge in [-0.3, -0.25) is 0 Å². The predicted octanol–water partition coefficient (Wildman–Crippen LogP) is 3.13. The molecule has 6 heteroatoms. The lowest BCUT2D eigenvalue weighted by Gasteiger charge is -2.08. The Morgan fingerprint density at radius 2 is 2.05 bits per heavy atom. The Hall–Kier alpha value is -1.44. The monoisotopic (exact) mass is 373 g/mol. The number of aryl methyl sites for hydroxylation is 1. The number of hydrogen-bond acceptors (Lipinski definition) is 4. The van der Waals surface area contributed by atoms with Crippen LogP contribution < -0.4 is 5.73 Å². The molecule has 1 aromatic carbocycles. The highest BCUT2D eigenvalue weighted by atomic mass is 127. The van der Waals surface area contributed by atoms with Crippen LogP contribution in [0.25, 0.3) is 11.4 Å². The second-order valence-corrected chi connectivity index (χ2v) is 5.22. The van der Waals surface area contributed by atoms with Crippen LogP contribution in [0.15, 0.2) is 18.2 Å². The van der Waals surface area contributed by atoms with Crippen LogP contribution in [-0.4, -0.2) is 15.1 Å². The normalized spacial score (nSPS) is 10.7. The third-order valence-corrected chi connectivity index (χ3v) is 3.75. The van der Waals surface area contributed by atoms with Gasteiger partial charge < -0.3 is 10.8 Å². The van der Waals surface area contributed by atoms with Gasteiger partial charge in [0, 0.05) is 11.6 Å². The number of aromatic hydroxyl groups is 1. The van der Waals surface area contributed by atoms with E-state index in [1.807, 2.05) is 6.92 Å². The lowest BCUT2D eigenvalue weighted by molar-refractivity contribution is 0.469. The number of nitrogens with two attached hydrogens (primary N) is 1. The smallest absolute Gasteiger partial charge is 0.162 e. The minimum Gasteiger partial charge on any atom is -0.508 e. The fraction of sp³-hybridized carbons (Fsp3) is 0.231. The van der Waals surface area contributed by atoms with Crippen molar-refractivity contribution in [2.45, 2.75) is 19.8 Å². The molecule has 4 nitrogen and oxygen atoms in total. The van der Waals surface area contributed by atoms with Crippen LogP contribution >= 0.6 is 22.6 Å². The molecule has 19 heavy (non-hydrogen) atoms. The third-order valence-electron chi connectivity index (χ3n) is 2.57. The van der Waals surface area contributed by atoms with Gasteiger partial charge in [-0.25, -0.2) is 14.4 Å². The molecule has 0 spiro atoms. The first-order valence-corrected chi connectivity index (χ1v) is 6.91. The summed E-state index contributed by atoms with van der Waals surface area (Å²) in [6.45, 7) is 2.04. The summed E-state index contributed by atoms with van der Waals surface area (Å²) in [5.41, 5.74) is 7.11. The molecule has 0 saturated carbocycles. The maximum atomic E-state index is 13.3. The molecular formula is C13H13FIN3O. The number of rotatable bonds is 3. The van der Waals surface area contributed by atoms with Crippen LogP contribution in [0.4, 0.5) is 10.2 Å². The van der Waals surface area contributed by atoms with Gasteiger partial charge in [0.2, 0.25) is 0 Å². The molecule has 0 unspecified atom stereocenters. The maximum Gasteiger partial charge on any atom is 0.162 e. The molecular weight excluding hydrogens is 360 g/mol. The van der Waals surface area contributed by atoms with Crippen LogP contribution in [0.1, 0.15) is 19.0 Å². The molecule has 2 aromatic rings. The highest BCUT2D eigenvalue weighted by Crippen LogP contribution is 2.26. The molecule has 0 fully saturated rings. The van der Waals surface area contributed by atoms with Crippen molar-refractivity contribution >= 4 is 28.4 Å². The molecule has 1 heterocycles. The zero-order valence-electron chi connectivity index (χ0n) is 10.3. The lowest BCUT2D eigenvalue weighted by Crippen LogP contribution is -2.05. The van der Waals surface area contributed by atoms with Gasteiger partial charge in [-0.1, -0.05) is 13.3 Å². The zero-order chi connectivity index (χ0) is 14.0. The van der Waals surface area contributed by atoms with Crippen LogP contribution in [0, 0.1) is 9.39 Å². The fourth-order valence-corrected chi connectivity index (χ4v) is 2.26. The molecule has 0 aliphatic rings. The van der Waals surface area contributed by atoms with Crippen molar-refractivity contribution in [2.75, 3.05) is 5.73 Å². The SMILES string of the molecule is CCCc1nc(-c2cc(O)cc(F)c2)nc(N)c1I. The van der Waals surface area contributed by atoms with Crippen molar-refractivity contribution < 1.29 is 9.50 Å². The van der Waals surface area contributed by atoms with Crippen molar-refractivity contribution in [1.82, 2.24) is 9.97 Å². The fourth-order valence-electron chi connectivity index (χ4n) is 1.75. The molecule has 0 aliphatic heterocycles. The number of phenols is 1. The molecule has 2 rings (SSSR count). The quantitative estimate of drug-likeness (QED) is 0.811. The van der Waals surface area contributed by atoms with E-state index in [1.54, 1.807) is 0 Å². The van der Waals surface area contributed by atoms with Gasteiger partial charge in [-0.2, -0.15) is 0 Å². The summed E-state index contributed by atoms with van der Waals surface area (Å²) in [4.78, 5) is 8.55. The minimum absolute atomic E-state index is 0.159. The Balaban J connectivity index is 2.55. The van der Waals surface area contributed by atoms with Crippen molar-refractivity contribution in [1.29, 1.82) is 0 Å².